The second-order valence-electron chi connectivity index (χ2n) is 7.99. The van der Waals surface area contributed by atoms with E-state index < -0.39 is 27.8 Å². The van der Waals surface area contributed by atoms with Crippen LogP contribution in [0.1, 0.15) is 18.0 Å². The maximum Gasteiger partial charge on any atom is 0.325 e. The minimum atomic E-state index is -2.96. The van der Waals surface area contributed by atoms with Crippen molar-refractivity contribution in [3.8, 4) is 0 Å². The normalized spacial score (nSPS) is 23.5. The minimum Gasteiger partial charge on any atom is -0.480 e. The SMILES string of the molecule is O=C(O)Cn1cc([C@@H](C(=O)O)N2CCN([C@@H]3CCS(=O)(=O)C3)CC2)c2ccccc21. The largest absolute Gasteiger partial charge is 0.480 e. The van der Waals surface area contributed by atoms with Gasteiger partial charge in [-0.25, -0.2) is 8.42 Å². The first-order chi connectivity index (χ1) is 14.2. The standard InChI is InChI=1S/C20H25N3O6S/c24-18(25)12-23-11-16(15-3-1-2-4-17(15)23)19(20(26)27)22-8-6-21(7-9-22)14-5-10-30(28,29)13-14/h1-4,11,14,19H,5-10,12-13H2,(H,24,25)(H,26,27)/t14-,19+/m1/s1. The van der Waals surface area contributed by atoms with Gasteiger partial charge in [0.15, 0.2) is 9.84 Å². The fourth-order valence-corrected chi connectivity index (χ4v) is 6.44. The number of aliphatic carboxylic acids is 2. The third-order valence-corrected chi connectivity index (χ3v) is 7.84. The van der Waals surface area contributed by atoms with Crippen LogP contribution in [-0.4, -0.2) is 88.7 Å². The van der Waals surface area contributed by atoms with E-state index in [1.54, 1.807) is 22.9 Å². The summed E-state index contributed by atoms with van der Waals surface area (Å²) in [7, 11) is -2.96. The molecule has 1 aromatic heterocycles. The van der Waals surface area contributed by atoms with Crippen molar-refractivity contribution in [2.45, 2.75) is 25.0 Å². The second-order valence-corrected chi connectivity index (χ2v) is 10.2. The molecule has 10 heteroatoms. The zero-order chi connectivity index (χ0) is 21.5. The number of hydrogen-bond donors (Lipinski definition) is 2. The lowest BCUT2D eigenvalue weighted by atomic mass is 10.0. The summed E-state index contributed by atoms with van der Waals surface area (Å²) in [5.41, 5.74) is 1.27. The Hall–Kier alpha value is -2.43. The number of aromatic nitrogens is 1. The smallest absolute Gasteiger partial charge is 0.325 e. The fraction of sp³-hybridized carbons (Fsp3) is 0.500. The third kappa shape index (κ3) is 4.07. The van der Waals surface area contributed by atoms with Crippen LogP contribution >= 0.6 is 0 Å². The first-order valence-electron chi connectivity index (χ1n) is 9.96. The van der Waals surface area contributed by atoms with E-state index in [2.05, 4.69) is 4.90 Å². The molecule has 1 aromatic carbocycles. The van der Waals surface area contributed by atoms with Crippen LogP contribution in [0.25, 0.3) is 10.9 Å². The highest BCUT2D eigenvalue weighted by atomic mass is 32.2. The lowest BCUT2D eigenvalue weighted by Crippen LogP contribution is -2.52. The average Bonchev–Trinajstić information content (AvgIpc) is 3.23. The van der Waals surface area contributed by atoms with E-state index in [0.717, 1.165) is 5.39 Å². The molecule has 0 unspecified atom stereocenters. The molecule has 4 rings (SSSR count). The minimum absolute atomic E-state index is 0.0120. The predicted octanol–water partition coefficient (Wildman–Crippen LogP) is 0.656. The van der Waals surface area contributed by atoms with Crippen molar-refractivity contribution in [3.05, 3.63) is 36.0 Å². The van der Waals surface area contributed by atoms with Gasteiger partial charge in [0, 0.05) is 54.9 Å². The summed E-state index contributed by atoms with van der Waals surface area (Å²) in [6.45, 7) is 1.99. The molecule has 30 heavy (non-hydrogen) atoms. The van der Waals surface area contributed by atoms with Gasteiger partial charge in [-0.15, -0.1) is 0 Å². The summed E-state index contributed by atoms with van der Waals surface area (Å²) in [6.07, 6.45) is 2.26. The van der Waals surface area contributed by atoms with Gasteiger partial charge in [-0.2, -0.15) is 0 Å². The number of carboxylic acids is 2. The van der Waals surface area contributed by atoms with Crippen LogP contribution in [0.4, 0.5) is 0 Å². The van der Waals surface area contributed by atoms with Crippen LogP contribution in [0.2, 0.25) is 0 Å². The van der Waals surface area contributed by atoms with Crippen LogP contribution in [0.5, 0.6) is 0 Å². The Morgan fingerprint density at radius 3 is 2.40 bits per heavy atom. The number of carboxylic acid groups (broad SMARTS) is 2. The number of rotatable bonds is 6. The monoisotopic (exact) mass is 435 g/mol. The van der Waals surface area contributed by atoms with Crippen molar-refractivity contribution in [3.63, 3.8) is 0 Å². The highest BCUT2D eigenvalue weighted by molar-refractivity contribution is 7.91. The van der Waals surface area contributed by atoms with Crippen LogP contribution in [0.15, 0.2) is 30.5 Å². The molecule has 2 aliphatic heterocycles. The van der Waals surface area contributed by atoms with Gasteiger partial charge in [0.05, 0.1) is 11.5 Å². The molecule has 2 saturated heterocycles. The van der Waals surface area contributed by atoms with E-state index in [-0.39, 0.29) is 24.1 Å². The molecule has 0 radical (unpaired) electrons. The molecule has 2 fully saturated rings. The maximum absolute atomic E-state index is 12.2. The van der Waals surface area contributed by atoms with Crippen molar-refractivity contribution < 1.29 is 28.2 Å². The van der Waals surface area contributed by atoms with E-state index >= 15 is 0 Å². The molecular weight excluding hydrogens is 410 g/mol. The Balaban J connectivity index is 1.57. The molecule has 3 heterocycles. The van der Waals surface area contributed by atoms with E-state index in [0.29, 0.717) is 43.7 Å². The van der Waals surface area contributed by atoms with Crippen molar-refractivity contribution in [2.24, 2.45) is 0 Å². The summed E-state index contributed by atoms with van der Waals surface area (Å²) >= 11 is 0. The molecule has 2 N–H and O–H groups in total. The number of fused-ring (bicyclic) bond motifs is 1. The van der Waals surface area contributed by atoms with Gasteiger partial charge >= 0.3 is 11.9 Å². The molecule has 0 saturated carbocycles. The molecule has 0 spiro atoms. The lowest BCUT2D eigenvalue weighted by Gasteiger charge is -2.40. The summed E-state index contributed by atoms with van der Waals surface area (Å²) in [5, 5.41) is 20.0. The van der Waals surface area contributed by atoms with E-state index in [4.69, 9.17) is 0 Å². The van der Waals surface area contributed by atoms with Gasteiger partial charge in [-0.05, 0) is 12.5 Å². The average molecular weight is 436 g/mol. The number of sulfone groups is 1. The van der Waals surface area contributed by atoms with Crippen molar-refractivity contribution >= 4 is 32.7 Å². The topological polar surface area (TPSA) is 120 Å². The van der Waals surface area contributed by atoms with Gasteiger partial charge < -0.3 is 14.8 Å². The summed E-state index contributed by atoms with van der Waals surface area (Å²) in [6, 6.07) is 6.35. The number of piperazine rings is 1. The Labute approximate surface area is 174 Å². The van der Waals surface area contributed by atoms with Crippen LogP contribution in [0, 0.1) is 0 Å². The van der Waals surface area contributed by atoms with Gasteiger partial charge in [-0.1, -0.05) is 18.2 Å². The number of carbonyl (C=O) groups is 2. The fourth-order valence-electron chi connectivity index (χ4n) is 4.68. The Morgan fingerprint density at radius 2 is 1.80 bits per heavy atom. The third-order valence-electron chi connectivity index (χ3n) is 6.09. The molecule has 0 aliphatic carbocycles. The van der Waals surface area contributed by atoms with Crippen molar-refractivity contribution in [1.82, 2.24) is 14.4 Å². The summed E-state index contributed by atoms with van der Waals surface area (Å²) < 4.78 is 25.1. The maximum atomic E-state index is 12.2. The second kappa shape index (κ2) is 8.01. The van der Waals surface area contributed by atoms with Gasteiger partial charge in [0.25, 0.3) is 0 Å². The molecule has 2 aliphatic rings. The van der Waals surface area contributed by atoms with E-state index in [9.17, 15) is 28.2 Å². The summed E-state index contributed by atoms with van der Waals surface area (Å²) in [5.74, 6) is -1.57. The molecule has 0 bridgehead atoms. The Kier molecular flexibility index (Phi) is 5.56. The number of hydrogen-bond acceptors (Lipinski definition) is 6. The number of benzene rings is 1. The first-order valence-corrected chi connectivity index (χ1v) is 11.8. The Bertz CT molecular complexity index is 1070. The van der Waals surface area contributed by atoms with E-state index in [1.807, 2.05) is 17.0 Å². The van der Waals surface area contributed by atoms with Crippen LogP contribution in [0.3, 0.4) is 0 Å². The van der Waals surface area contributed by atoms with Crippen LogP contribution in [-0.2, 0) is 26.0 Å². The Morgan fingerprint density at radius 1 is 1.10 bits per heavy atom. The summed E-state index contributed by atoms with van der Waals surface area (Å²) in [4.78, 5) is 27.5. The van der Waals surface area contributed by atoms with Crippen LogP contribution < -0.4 is 0 Å². The highest BCUT2D eigenvalue weighted by Gasteiger charge is 2.37. The number of para-hydroxylation sites is 1. The van der Waals surface area contributed by atoms with E-state index in [1.165, 1.54) is 0 Å². The molecule has 0 amide bonds. The molecule has 2 atom stereocenters. The number of nitrogens with zero attached hydrogens (tertiary/aromatic N) is 3. The zero-order valence-electron chi connectivity index (χ0n) is 16.5. The lowest BCUT2D eigenvalue weighted by molar-refractivity contribution is -0.144. The molecular formula is C20H25N3O6S. The molecule has 162 valence electrons. The molecule has 2 aromatic rings. The zero-order valence-corrected chi connectivity index (χ0v) is 17.3. The molecule has 9 nitrogen and oxygen atoms in total. The highest BCUT2D eigenvalue weighted by Crippen LogP contribution is 2.32. The predicted molar refractivity (Wildman–Crippen MR) is 110 cm³/mol. The van der Waals surface area contributed by atoms with Gasteiger partial charge in [-0.3, -0.25) is 19.4 Å². The van der Waals surface area contributed by atoms with Gasteiger partial charge in [0.2, 0.25) is 0 Å². The first kappa shape index (κ1) is 20.8. The van der Waals surface area contributed by atoms with Crippen molar-refractivity contribution in [1.29, 1.82) is 0 Å². The quantitative estimate of drug-likeness (QED) is 0.679. The van der Waals surface area contributed by atoms with Crippen molar-refractivity contribution in [2.75, 3.05) is 37.7 Å². The van der Waals surface area contributed by atoms with Gasteiger partial charge in [0.1, 0.15) is 12.6 Å².